The van der Waals surface area contributed by atoms with Gasteiger partial charge in [0, 0.05) is 35.1 Å². The SMILES string of the molecule is CCC(C)NC(=O)C(Cc1ccccc1)N(Cc1ccc(Cl)cc1)C(=O)CN(c1ccc(Cl)cc1)S(=O)(=O)c1ccc(OC)c(OC)c1. The van der Waals surface area contributed by atoms with E-state index in [1.807, 2.05) is 44.2 Å². The molecular weight excluding hydrogens is 673 g/mol. The molecule has 0 spiro atoms. The summed E-state index contributed by atoms with van der Waals surface area (Å²) in [7, 11) is -1.52. The van der Waals surface area contributed by atoms with Crippen LogP contribution in [0.5, 0.6) is 11.5 Å². The van der Waals surface area contributed by atoms with E-state index in [4.69, 9.17) is 32.7 Å². The number of sulfonamides is 1. The molecule has 12 heteroatoms. The molecule has 0 fully saturated rings. The number of nitrogens with zero attached hydrogens (tertiary/aromatic N) is 2. The van der Waals surface area contributed by atoms with Crippen molar-refractivity contribution >= 4 is 50.7 Å². The number of hydrogen-bond acceptors (Lipinski definition) is 6. The number of carbonyl (C=O) groups excluding carboxylic acids is 2. The van der Waals surface area contributed by atoms with E-state index in [0.29, 0.717) is 27.8 Å². The Balaban J connectivity index is 1.82. The molecule has 0 saturated carbocycles. The predicted molar refractivity (Wildman–Crippen MR) is 189 cm³/mol. The van der Waals surface area contributed by atoms with Crippen LogP contribution in [0, 0.1) is 0 Å². The third kappa shape index (κ3) is 9.21. The predicted octanol–water partition coefficient (Wildman–Crippen LogP) is 6.76. The first-order valence-electron chi connectivity index (χ1n) is 15.3. The Labute approximate surface area is 292 Å². The minimum atomic E-state index is -4.37. The highest BCUT2D eigenvalue weighted by molar-refractivity contribution is 7.92. The van der Waals surface area contributed by atoms with Crippen molar-refractivity contribution in [2.24, 2.45) is 0 Å². The fourth-order valence-corrected chi connectivity index (χ4v) is 6.70. The lowest BCUT2D eigenvalue weighted by molar-refractivity contribution is -0.140. The maximum absolute atomic E-state index is 14.6. The van der Waals surface area contributed by atoms with Gasteiger partial charge in [-0.3, -0.25) is 13.9 Å². The molecule has 48 heavy (non-hydrogen) atoms. The van der Waals surface area contributed by atoms with Crippen LogP contribution in [-0.2, 0) is 32.6 Å². The summed E-state index contributed by atoms with van der Waals surface area (Å²) in [6.07, 6.45) is 0.884. The molecule has 9 nitrogen and oxygen atoms in total. The van der Waals surface area contributed by atoms with Crippen molar-refractivity contribution in [2.75, 3.05) is 25.1 Å². The Kier molecular flexibility index (Phi) is 12.7. The maximum atomic E-state index is 14.6. The van der Waals surface area contributed by atoms with Crippen LogP contribution >= 0.6 is 23.2 Å². The quantitative estimate of drug-likeness (QED) is 0.146. The summed E-state index contributed by atoms with van der Waals surface area (Å²) in [6, 6.07) is 25.5. The van der Waals surface area contributed by atoms with E-state index in [-0.39, 0.29) is 41.2 Å². The molecule has 0 aliphatic rings. The summed E-state index contributed by atoms with van der Waals surface area (Å²) in [5.74, 6) is -0.397. The van der Waals surface area contributed by atoms with Gasteiger partial charge in [-0.05, 0) is 73.0 Å². The van der Waals surface area contributed by atoms with Gasteiger partial charge < -0.3 is 19.7 Å². The lowest BCUT2D eigenvalue weighted by Crippen LogP contribution is -2.54. The zero-order chi connectivity index (χ0) is 34.8. The molecule has 4 aromatic rings. The zero-order valence-corrected chi connectivity index (χ0v) is 29.6. The smallest absolute Gasteiger partial charge is 0.264 e. The normalized spacial score (nSPS) is 12.5. The third-order valence-electron chi connectivity index (χ3n) is 7.87. The molecule has 0 bridgehead atoms. The topological polar surface area (TPSA) is 105 Å². The molecule has 254 valence electrons. The first-order chi connectivity index (χ1) is 23.0. The largest absolute Gasteiger partial charge is 0.493 e. The highest BCUT2D eigenvalue weighted by Crippen LogP contribution is 2.33. The summed E-state index contributed by atoms with van der Waals surface area (Å²) in [5.41, 5.74) is 1.75. The molecule has 1 N–H and O–H groups in total. The van der Waals surface area contributed by atoms with Crippen molar-refractivity contribution in [1.82, 2.24) is 10.2 Å². The first-order valence-corrected chi connectivity index (χ1v) is 17.5. The number of halogens is 2. The van der Waals surface area contributed by atoms with Crippen LogP contribution in [0.2, 0.25) is 10.0 Å². The fraction of sp³-hybridized carbons (Fsp3) is 0.278. The number of rotatable bonds is 15. The molecule has 0 heterocycles. The minimum absolute atomic E-state index is 0.0201. The molecule has 0 aliphatic heterocycles. The van der Waals surface area contributed by atoms with Gasteiger partial charge in [-0.25, -0.2) is 8.42 Å². The number of ether oxygens (including phenoxy) is 2. The first kappa shape index (κ1) is 36.6. The lowest BCUT2D eigenvalue weighted by Gasteiger charge is -2.34. The van der Waals surface area contributed by atoms with Crippen LogP contribution in [0.1, 0.15) is 31.4 Å². The van der Waals surface area contributed by atoms with E-state index in [2.05, 4.69) is 5.32 Å². The van der Waals surface area contributed by atoms with Crippen LogP contribution < -0.4 is 19.1 Å². The summed E-state index contributed by atoms with van der Waals surface area (Å²) < 4.78 is 40.4. The highest BCUT2D eigenvalue weighted by atomic mass is 35.5. The molecule has 0 aliphatic carbocycles. The Bertz CT molecular complexity index is 1790. The second kappa shape index (κ2) is 16.7. The van der Waals surface area contributed by atoms with Gasteiger partial charge >= 0.3 is 0 Å². The van der Waals surface area contributed by atoms with Crippen molar-refractivity contribution < 1.29 is 27.5 Å². The summed E-state index contributed by atoms with van der Waals surface area (Å²) in [5, 5.41) is 3.93. The number of anilines is 1. The molecule has 0 radical (unpaired) electrons. The van der Waals surface area contributed by atoms with Crippen LogP contribution in [0.15, 0.2) is 102 Å². The standard InChI is InChI=1S/C36H39Cl2N3O6S/c1-5-25(2)39-36(43)32(21-26-9-7-6-8-10-26)40(23-27-11-13-28(37)14-12-27)35(42)24-41(30-17-15-29(38)16-18-30)48(44,45)31-19-20-33(46-3)34(22-31)47-4/h6-20,22,25,32H,5,21,23-24H2,1-4H3,(H,39,43). The Hall–Kier alpha value is -4.25. The number of benzene rings is 4. The summed E-state index contributed by atoms with van der Waals surface area (Å²) >= 11 is 12.3. The molecule has 0 aromatic heterocycles. The monoisotopic (exact) mass is 711 g/mol. The van der Waals surface area contributed by atoms with Crippen LogP contribution in [0.4, 0.5) is 5.69 Å². The van der Waals surface area contributed by atoms with E-state index < -0.39 is 28.5 Å². The Morgan fingerprint density at radius 2 is 1.42 bits per heavy atom. The van der Waals surface area contributed by atoms with Crippen LogP contribution in [0.25, 0.3) is 0 Å². The molecule has 2 unspecified atom stereocenters. The number of nitrogens with one attached hydrogen (secondary N) is 1. The average molecular weight is 713 g/mol. The molecule has 2 atom stereocenters. The number of methoxy groups -OCH3 is 2. The van der Waals surface area contributed by atoms with Gasteiger partial charge in [0.05, 0.1) is 24.8 Å². The van der Waals surface area contributed by atoms with Crippen molar-refractivity contribution in [2.45, 2.75) is 50.2 Å². The van der Waals surface area contributed by atoms with Crippen LogP contribution in [0.3, 0.4) is 0 Å². The van der Waals surface area contributed by atoms with E-state index in [9.17, 15) is 18.0 Å². The number of hydrogen-bond donors (Lipinski definition) is 1. The van der Waals surface area contributed by atoms with Gasteiger partial charge in [-0.1, -0.05) is 72.6 Å². The van der Waals surface area contributed by atoms with E-state index >= 15 is 0 Å². The number of carbonyl (C=O) groups is 2. The summed E-state index contributed by atoms with van der Waals surface area (Å²) in [6.45, 7) is 3.25. The molecule has 4 aromatic carbocycles. The second-order valence-corrected chi connectivity index (χ2v) is 13.9. The Morgan fingerprint density at radius 1 is 0.812 bits per heavy atom. The Morgan fingerprint density at radius 3 is 2.00 bits per heavy atom. The minimum Gasteiger partial charge on any atom is -0.493 e. The van der Waals surface area contributed by atoms with Crippen molar-refractivity contribution in [1.29, 1.82) is 0 Å². The second-order valence-electron chi connectivity index (χ2n) is 11.2. The molecular formula is C36H39Cl2N3O6S. The lowest BCUT2D eigenvalue weighted by atomic mass is 10.0. The maximum Gasteiger partial charge on any atom is 0.264 e. The number of amides is 2. The van der Waals surface area contributed by atoms with Crippen molar-refractivity contribution in [3.8, 4) is 11.5 Å². The zero-order valence-electron chi connectivity index (χ0n) is 27.2. The van der Waals surface area contributed by atoms with Crippen molar-refractivity contribution in [3.63, 3.8) is 0 Å². The molecule has 0 saturated heterocycles. The van der Waals surface area contributed by atoms with Gasteiger partial charge in [0.15, 0.2) is 11.5 Å². The highest BCUT2D eigenvalue weighted by Gasteiger charge is 2.35. The van der Waals surface area contributed by atoms with Crippen molar-refractivity contribution in [3.05, 3.63) is 118 Å². The fourth-order valence-electron chi connectivity index (χ4n) is 5.02. The van der Waals surface area contributed by atoms with Gasteiger partial charge in [-0.2, -0.15) is 0 Å². The van der Waals surface area contributed by atoms with Crippen LogP contribution in [-0.4, -0.2) is 58.0 Å². The van der Waals surface area contributed by atoms with E-state index in [1.165, 1.54) is 49.5 Å². The average Bonchev–Trinajstić information content (AvgIpc) is 3.09. The van der Waals surface area contributed by atoms with Gasteiger partial charge in [0.25, 0.3) is 10.0 Å². The van der Waals surface area contributed by atoms with Gasteiger partial charge in [0.2, 0.25) is 11.8 Å². The third-order valence-corrected chi connectivity index (χ3v) is 10.1. The molecule has 2 amide bonds. The summed E-state index contributed by atoms with van der Waals surface area (Å²) in [4.78, 5) is 29.9. The molecule has 4 rings (SSSR count). The van der Waals surface area contributed by atoms with Gasteiger partial charge in [-0.15, -0.1) is 0 Å². The van der Waals surface area contributed by atoms with E-state index in [1.54, 1.807) is 36.4 Å². The van der Waals surface area contributed by atoms with E-state index in [0.717, 1.165) is 9.87 Å². The van der Waals surface area contributed by atoms with Gasteiger partial charge in [0.1, 0.15) is 12.6 Å².